The molecule has 0 aliphatic carbocycles. The molecule has 0 radical (unpaired) electrons. The molecule has 1 atom stereocenters. The Balaban J connectivity index is 1.84. The Bertz CT molecular complexity index is 849. The van der Waals surface area contributed by atoms with E-state index in [1.165, 1.54) is 28.9 Å². The Morgan fingerprint density at radius 3 is 2.71 bits per heavy atom. The summed E-state index contributed by atoms with van der Waals surface area (Å²) in [7, 11) is 1.70. The van der Waals surface area contributed by atoms with Gasteiger partial charge in [0, 0.05) is 6.07 Å². The number of likely N-dealkylation sites (N-methyl/N-ethyl adjacent to an activating group) is 1. The van der Waals surface area contributed by atoms with E-state index in [2.05, 4.69) is 20.6 Å². The van der Waals surface area contributed by atoms with Crippen LogP contribution in [-0.4, -0.2) is 27.0 Å². The minimum Gasteiger partial charge on any atom is -0.311 e. The third-order valence-corrected chi connectivity index (χ3v) is 3.59. The van der Waals surface area contributed by atoms with Crippen LogP contribution >= 0.6 is 0 Å². The molecule has 2 heterocycles. The van der Waals surface area contributed by atoms with Crippen molar-refractivity contribution in [3.63, 3.8) is 0 Å². The van der Waals surface area contributed by atoms with E-state index in [1.54, 1.807) is 19.3 Å². The zero-order valence-corrected chi connectivity index (χ0v) is 12.7. The normalized spacial score (nSPS) is 12.3. The Labute approximate surface area is 136 Å². The van der Waals surface area contributed by atoms with Gasteiger partial charge in [0.25, 0.3) is 0 Å². The van der Waals surface area contributed by atoms with Gasteiger partial charge in [0.2, 0.25) is 5.95 Å². The predicted molar refractivity (Wildman–Crippen MR) is 81.0 cm³/mol. The summed E-state index contributed by atoms with van der Waals surface area (Å²) in [6.07, 6.45) is 1.85. The van der Waals surface area contributed by atoms with Crippen LogP contribution in [0, 0.1) is 17.6 Å². The van der Waals surface area contributed by atoms with Crippen LogP contribution in [0.25, 0.3) is 5.82 Å². The maximum atomic E-state index is 13.8. The number of pyridine rings is 1. The van der Waals surface area contributed by atoms with Crippen molar-refractivity contribution >= 4 is 0 Å². The molecule has 124 valence electrons. The van der Waals surface area contributed by atoms with Gasteiger partial charge in [-0.2, -0.15) is 4.39 Å². The number of halogens is 3. The van der Waals surface area contributed by atoms with Crippen LogP contribution < -0.4 is 5.32 Å². The number of aromatic nitrogens is 4. The molecule has 3 rings (SSSR count). The maximum absolute atomic E-state index is 13.8. The SMILES string of the molecule is CNC(Cc1ccc(F)cc1F)c1cn(-c2cccc(F)n2)nn1. The highest BCUT2D eigenvalue weighted by Crippen LogP contribution is 2.19. The van der Waals surface area contributed by atoms with Gasteiger partial charge >= 0.3 is 0 Å². The van der Waals surface area contributed by atoms with Crippen LogP contribution in [0.2, 0.25) is 0 Å². The van der Waals surface area contributed by atoms with Crippen molar-refractivity contribution < 1.29 is 13.2 Å². The van der Waals surface area contributed by atoms with Crippen molar-refractivity contribution in [1.29, 1.82) is 0 Å². The number of rotatable bonds is 5. The summed E-state index contributed by atoms with van der Waals surface area (Å²) < 4.78 is 41.3. The summed E-state index contributed by atoms with van der Waals surface area (Å²) >= 11 is 0. The van der Waals surface area contributed by atoms with Crippen molar-refractivity contribution in [3.05, 3.63) is 71.4 Å². The average Bonchev–Trinajstić information content (AvgIpc) is 3.04. The number of hydrogen-bond donors (Lipinski definition) is 1. The second-order valence-electron chi connectivity index (χ2n) is 5.19. The zero-order chi connectivity index (χ0) is 17.1. The fraction of sp³-hybridized carbons (Fsp3) is 0.188. The van der Waals surface area contributed by atoms with Gasteiger partial charge in [0.1, 0.15) is 17.3 Å². The average molecular weight is 333 g/mol. The quantitative estimate of drug-likeness (QED) is 0.729. The maximum Gasteiger partial charge on any atom is 0.214 e. The summed E-state index contributed by atoms with van der Waals surface area (Å²) in [5.74, 6) is -1.57. The fourth-order valence-electron chi connectivity index (χ4n) is 2.34. The third-order valence-electron chi connectivity index (χ3n) is 3.59. The molecular weight excluding hydrogens is 319 g/mol. The van der Waals surface area contributed by atoms with Gasteiger partial charge in [-0.25, -0.2) is 18.4 Å². The highest BCUT2D eigenvalue weighted by atomic mass is 19.1. The topological polar surface area (TPSA) is 55.6 Å². The lowest BCUT2D eigenvalue weighted by atomic mass is 10.0. The van der Waals surface area contributed by atoms with Crippen LogP contribution in [-0.2, 0) is 6.42 Å². The summed E-state index contributed by atoms with van der Waals surface area (Å²) in [6.45, 7) is 0. The molecule has 0 aliphatic heterocycles. The van der Waals surface area contributed by atoms with E-state index in [0.29, 0.717) is 11.3 Å². The van der Waals surface area contributed by atoms with Crippen LogP contribution in [0.3, 0.4) is 0 Å². The molecule has 0 saturated heterocycles. The van der Waals surface area contributed by atoms with Crippen molar-refractivity contribution in [2.24, 2.45) is 0 Å². The van der Waals surface area contributed by atoms with Gasteiger partial charge in [0.15, 0.2) is 5.82 Å². The van der Waals surface area contributed by atoms with Crippen molar-refractivity contribution in [1.82, 2.24) is 25.3 Å². The van der Waals surface area contributed by atoms with Crippen LogP contribution in [0.1, 0.15) is 17.3 Å². The molecule has 0 aliphatic rings. The standard InChI is InChI=1S/C16H14F3N5/c1-20-13(7-10-5-6-11(17)8-12(10)18)14-9-24(23-22-14)16-4-2-3-15(19)21-16/h2-6,8-9,13,20H,7H2,1H3. The van der Waals surface area contributed by atoms with E-state index >= 15 is 0 Å². The number of benzene rings is 1. The van der Waals surface area contributed by atoms with Gasteiger partial charge in [-0.15, -0.1) is 5.10 Å². The minimum atomic E-state index is -0.625. The first kappa shape index (κ1) is 16.1. The van der Waals surface area contributed by atoms with Crippen LogP contribution in [0.5, 0.6) is 0 Å². The first-order valence-electron chi connectivity index (χ1n) is 7.23. The summed E-state index contributed by atoms with van der Waals surface area (Å²) in [4.78, 5) is 3.72. The number of hydrogen-bond acceptors (Lipinski definition) is 4. The minimum absolute atomic E-state index is 0.262. The second kappa shape index (κ2) is 6.79. The Morgan fingerprint density at radius 1 is 1.17 bits per heavy atom. The molecule has 1 unspecified atom stereocenters. The third kappa shape index (κ3) is 3.43. The highest BCUT2D eigenvalue weighted by Gasteiger charge is 2.17. The Kier molecular flexibility index (Phi) is 4.57. The fourth-order valence-corrected chi connectivity index (χ4v) is 2.34. The van der Waals surface area contributed by atoms with Crippen LogP contribution in [0.15, 0.2) is 42.6 Å². The van der Waals surface area contributed by atoms with Crippen molar-refractivity contribution in [2.75, 3.05) is 7.05 Å². The van der Waals surface area contributed by atoms with Crippen molar-refractivity contribution in [2.45, 2.75) is 12.5 Å². The molecule has 0 bridgehead atoms. The lowest BCUT2D eigenvalue weighted by molar-refractivity contribution is 0.533. The van der Waals surface area contributed by atoms with Crippen molar-refractivity contribution in [3.8, 4) is 5.82 Å². The van der Waals surface area contributed by atoms with Gasteiger partial charge in [-0.05, 0) is 37.2 Å². The molecule has 1 N–H and O–H groups in total. The molecule has 2 aromatic heterocycles. The van der Waals surface area contributed by atoms with Gasteiger partial charge in [-0.1, -0.05) is 17.3 Å². The molecular formula is C16H14F3N5. The highest BCUT2D eigenvalue weighted by molar-refractivity contribution is 5.24. The van der Waals surface area contributed by atoms with E-state index in [1.807, 2.05) is 0 Å². The lowest BCUT2D eigenvalue weighted by Crippen LogP contribution is -2.20. The Hall–Kier alpha value is -2.74. The smallest absolute Gasteiger partial charge is 0.214 e. The van der Waals surface area contributed by atoms with Gasteiger partial charge in [0.05, 0.1) is 12.2 Å². The lowest BCUT2D eigenvalue weighted by Gasteiger charge is -2.13. The largest absolute Gasteiger partial charge is 0.311 e. The second-order valence-corrected chi connectivity index (χ2v) is 5.19. The molecule has 0 saturated carbocycles. The molecule has 0 fully saturated rings. The first-order chi connectivity index (χ1) is 11.6. The molecule has 0 amide bonds. The molecule has 24 heavy (non-hydrogen) atoms. The molecule has 1 aromatic carbocycles. The molecule has 8 heteroatoms. The molecule has 0 spiro atoms. The predicted octanol–water partition coefficient (Wildman–Crippen LogP) is 2.58. The zero-order valence-electron chi connectivity index (χ0n) is 12.7. The number of nitrogens with zero attached hydrogens (tertiary/aromatic N) is 4. The van der Waals surface area contributed by atoms with E-state index in [4.69, 9.17) is 0 Å². The monoisotopic (exact) mass is 333 g/mol. The molecule has 3 aromatic rings. The van der Waals surface area contributed by atoms with E-state index in [0.717, 1.165) is 6.07 Å². The summed E-state index contributed by atoms with van der Waals surface area (Å²) in [6, 6.07) is 7.45. The molecule has 5 nitrogen and oxygen atoms in total. The van der Waals surface area contributed by atoms with Gasteiger partial charge in [-0.3, -0.25) is 0 Å². The first-order valence-corrected chi connectivity index (χ1v) is 7.23. The van der Waals surface area contributed by atoms with E-state index in [-0.39, 0.29) is 18.3 Å². The van der Waals surface area contributed by atoms with Crippen LogP contribution in [0.4, 0.5) is 13.2 Å². The van der Waals surface area contributed by atoms with Gasteiger partial charge < -0.3 is 5.32 Å². The van der Waals surface area contributed by atoms with E-state index < -0.39 is 17.6 Å². The summed E-state index contributed by atoms with van der Waals surface area (Å²) in [5.41, 5.74) is 0.890. The summed E-state index contributed by atoms with van der Waals surface area (Å²) in [5, 5.41) is 11.0. The Morgan fingerprint density at radius 2 is 2.00 bits per heavy atom. The van der Waals surface area contributed by atoms with E-state index in [9.17, 15) is 13.2 Å². The number of nitrogens with one attached hydrogen (secondary N) is 1.